The highest BCUT2D eigenvalue weighted by atomic mass is 35.5. The molecule has 2 aromatic carbocycles. The van der Waals surface area contributed by atoms with Crippen molar-refractivity contribution >= 4 is 23.5 Å². The predicted octanol–water partition coefficient (Wildman–Crippen LogP) is 3.85. The van der Waals surface area contributed by atoms with E-state index in [0.717, 1.165) is 5.56 Å². The molecule has 1 N–H and O–H groups in total. The number of esters is 1. The molecule has 0 aliphatic carbocycles. The van der Waals surface area contributed by atoms with Gasteiger partial charge in [-0.1, -0.05) is 49.7 Å². The highest BCUT2D eigenvalue weighted by Crippen LogP contribution is 2.18. The van der Waals surface area contributed by atoms with Gasteiger partial charge in [0, 0.05) is 5.02 Å². The average Bonchev–Trinajstić information content (AvgIpc) is 2.64. The Kier molecular flexibility index (Phi) is 7.04. The van der Waals surface area contributed by atoms with Gasteiger partial charge in [-0.3, -0.25) is 4.79 Å². The van der Waals surface area contributed by atoms with Crippen molar-refractivity contribution in [3.8, 4) is 5.75 Å². The number of para-hydroxylation sites is 1. The Labute approximate surface area is 158 Å². The highest BCUT2D eigenvalue weighted by Gasteiger charge is 2.27. The first-order valence-corrected chi connectivity index (χ1v) is 8.65. The predicted molar refractivity (Wildman–Crippen MR) is 100 cm³/mol. The molecular weight excluding hydrogens is 354 g/mol. The minimum absolute atomic E-state index is 0.115. The van der Waals surface area contributed by atoms with Crippen molar-refractivity contribution in [2.24, 2.45) is 5.92 Å². The molecule has 0 spiro atoms. The fourth-order valence-corrected chi connectivity index (χ4v) is 2.50. The van der Waals surface area contributed by atoms with E-state index in [1.165, 1.54) is 7.11 Å². The van der Waals surface area contributed by atoms with Crippen LogP contribution in [0.1, 0.15) is 29.8 Å². The van der Waals surface area contributed by atoms with Crippen LogP contribution in [0.5, 0.6) is 5.75 Å². The van der Waals surface area contributed by atoms with Crippen LogP contribution in [-0.2, 0) is 16.1 Å². The second kappa shape index (κ2) is 9.25. The summed E-state index contributed by atoms with van der Waals surface area (Å²) in [5, 5.41) is 3.35. The summed E-state index contributed by atoms with van der Waals surface area (Å²) in [5.74, 6) is -0.559. The monoisotopic (exact) mass is 375 g/mol. The summed E-state index contributed by atoms with van der Waals surface area (Å²) in [5.41, 5.74) is 1.19. The molecule has 0 aliphatic heterocycles. The number of carbonyl (C=O) groups is 2. The summed E-state index contributed by atoms with van der Waals surface area (Å²) in [6.07, 6.45) is 0. The van der Waals surface area contributed by atoms with Gasteiger partial charge in [-0.2, -0.15) is 0 Å². The molecule has 0 unspecified atom stereocenters. The van der Waals surface area contributed by atoms with Crippen LogP contribution < -0.4 is 10.1 Å². The molecule has 6 heteroatoms. The molecule has 5 nitrogen and oxygen atoms in total. The van der Waals surface area contributed by atoms with Crippen molar-refractivity contribution in [2.45, 2.75) is 26.5 Å². The van der Waals surface area contributed by atoms with Gasteiger partial charge in [0.2, 0.25) is 0 Å². The number of hydrogen-bond acceptors (Lipinski definition) is 4. The molecule has 2 aromatic rings. The topological polar surface area (TPSA) is 64.6 Å². The highest BCUT2D eigenvalue weighted by molar-refractivity contribution is 6.30. The molecule has 0 saturated heterocycles. The lowest BCUT2D eigenvalue weighted by Gasteiger charge is -2.21. The van der Waals surface area contributed by atoms with Crippen molar-refractivity contribution in [2.75, 3.05) is 7.11 Å². The maximum Gasteiger partial charge on any atom is 0.329 e. The quantitative estimate of drug-likeness (QED) is 0.746. The van der Waals surface area contributed by atoms with Crippen LogP contribution in [0.2, 0.25) is 5.02 Å². The minimum Gasteiger partial charge on any atom is -0.496 e. The van der Waals surface area contributed by atoms with Crippen LogP contribution in [0.4, 0.5) is 0 Å². The zero-order valence-corrected chi connectivity index (χ0v) is 15.7. The summed E-state index contributed by atoms with van der Waals surface area (Å²) in [6, 6.07) is 13.1. The molecule has 26 heavy (non-hydrogen) atoms. The molecular formula is C20H22ClNO4. The normalized spacial score (nSPS) is 11.7. The van der Waals surface area contributed by atoms with Gasteiger partial charge in [-0.25, -0.2) is 4.79 Å². The van der Waals surface area contributed by atoms with Gasteiger partial charge in [0.15, 0.2) is 0 Å². The maximum absolute atomic E-state index is 12.5. The smallest absolute Gasteiger partial charge is 0.329 e. The SMILES string of the molecule is COc1ccccc1C(=O)N[C@H](C(=O)OCc1ccc(Cl)cc1)C(C)C. The van der Waals surface area contributed by atoms with Gasteiger partial charge in [0.1, 0.15) is 18.4 Å². The van der Waals surface area contributed by atoms with E-state index in [-0.39, 0.29) is 18.4 Å². The number of benzene rings is 2. The fraction of sp³-hybridized carbons (Fsp3) is 0.300. The van der Waals surface area contributed by atoms with Crippen molar-refractivity contribution in [3.63, 3.8) is 0 Å². The zero-order chi connectivity index (χ0) is 19.1. The summed E-state index contributed by atoms with van der Waals surface area (Å²) in [6.45, 7) is 3.80. The number of nitrogens with one attached hydrogen (secondary N) is 1. The second-order valence-corrected chi connectivity index (χ2v) is 6.57. The Morgan fingerprint density at radius 3 is 2.35 bits per heavy atom. The van der Waals surface area contributed by atoms with Crippen LogP contribution in [0.3, 0.4) is 0 Å². The second-order valence-electron chi connectivity index (χ2n) is 6.13. The van der Waals surface area contributed by atoms with E-state index in [9.17, 15) is 9.59 Å². The van der Waals surface area contributed by atoms with Crippen molar-refractivity contribution in [3.05, 3.63) is 64.7 Å². The van der Waals surface area contributed by atoms with E-state index in [0.29, 0.717) is 16.3 Å². The van der Waals surface area contributed by atoms with E-state index >= 15 is 0 Å². The van der Waals surface area contributed by atoms with Gasteiger partial charge >= 0.3 is 5.97 Å². The van der Waals surface area contributed by atoms with Crippen LogP contribution in [0, 0.1) is 5.92 Å². The third kappa shape index (κ3) is 5.23. The Morgan fingerprint density at radius 2 is 1.73 bits per heavy atom. The van der Waals surface area contributed by atoms with Gasteiger partial charge in [0.25, 0.3) is 5.91 Å². The first-order chi connectivity index (χ1) is 12.4. The summed E-state index contributed by atoms with van der Waals surface area (Å²) in [4.78, 5) is 25.0. The lowest BCUT2D eigenvalue weighted by molar-refractivity contribution is -0.148. The van der Waals surface area contributed by atoms with E-state index in [1.807, 2.05) is 13.8 Å². The van der Waals surface area contributed by atoms with Crippen LogP contribution in [-0.4, -0.2) is 25.0 Å². The van der Waals surface area contributed by atoms with Gasteiger partial charge in [-0.05, 0) is 35.7 Å². The number of amides is 1. The van der Waals surface area contributed by atoms with Gasteiger partial charge in [0.05, 0.1) is 12.7 Å². The van der Waals surface area contributed by atoms with Crippen molar-refractivity contribution in [1.29, 1.82) is 0 Å². The third-order valence-corrected chi connectivity index (χ3v) is 4.11. The lowest BCUT2D eigenvalue weighted by atomic mass is 10.0. The lowest BCUT2D eigenvalue weighted by Crippen LogP contribution is -2.45. The average molecular weight is 376 g/mol. The van der Waals surface area contributed by atoms with E-state index in [1.54, 1.807) is 48.5 Å². The molecule has 0 saturated carbocycles. The number of ether oxygens (including phenoxy) is 2. The van der Waals surface area contributed by atoms with E-state index < -0.39 is 12.0 Å². The Bertz CT molecular complexity index is 759. The van der Waals surface area contributed by atoms with Crippen LogP contribution in [0.25, 0.3) is 0 Å². The van der Waals surface area contributed by atoms with Crippen LogP contribution in [0.15, 0.2) is 48.5 Å². The van der Waals surface area contributed by atoms with Gasteiger partial charge < -0.3 is 14.8 Å². The largest absolute Gasteiger partial charge is 0.496 e. The fourth-order valence-electron chi connectivity index (χ4n) is 2.37. The number of carbonyl (C=O) groups excluding carboxylic acids is 2. The third-order valence-electron chi connectivity index (χ3n) is 3.85. The molecule has 0 aliphatic rings. The zero-order valence-electron chi connectivity index (χ0n) is 15.0. The minimum atomic E-state index is -0.764. The maximum atomic E-state index is 12.5. The summed E-state index contributed by atoms with van der Waals surface area (Å²) < 4.78 is 10.6. The molecule has 0 fully saturated rings. The number of methoxy groups -OCH3 is 1. The van der Waals surface area contributed by atoms with Gasteiger partial charge in [-0.15, -0.1) is 0 Å². The Balaban J connectivity index is 2.04. The van der Waals surface area contributed by atoms with E-state index in [2.05, 4.69) is 5.32 Å². The molecule has 1 atom stereocenters. The molecule has 1 amide bonds. The summed E-state index contributed by atoms with van der Waals surface area (Å²) in [7, 11) is 1.49. The Hall–Kier alpha value is -2.53. The first-order valence-electron chi connectivity index (χ1n) is 8.27. The first kappa shape index (κ1) is 19.8. The summed E-state index contributed by atoms with van der Waals surface area (Å²) >= 11 is 5.84. The molecule has 0 radical (unpaired) electrons. The molecule has 2 rings (SSSR count). The molecule has 0 aromatic heterocycles. The number of halogens is 1. The molecule has 0 bridgehead atoms. The standard InChI is InChI=1S/C20H22ClNO4/c1-13(2)18(20(24)26-12-14-8-10-15(21)11-9-14)22-19(23)16-6-4-5-7-17(16)25-3/h4-11,13,18H,12H2,1-3H3,(H,22,23)/t18-/m0/s1. The Morgan fingerprint density at radius 1 is 1.08 bits per heavy atom. The van der Waals surface area contributed by atoms with Crippen molar-refractivity contribution in [1.82, 2.24) is 5.32 Å². The number of hydrogen-bond donors (Lipinski definition) is 1. The van der Waals surface area contributed by atoms with Crippen LogP contribution >= 0.6 is 11.6 Å². The molecule has 0 heterocycles. The molecule has 138 valence electrons. The number of rotatable bonds is 7. The van der Waals surface area contributed by atoms with Crippen molar-refractivity contribution < 1.29 is 19.1 Å². The van der Waals surface area contributed by atoms with E-state index in [4.69, 9.17) is 21.1 Å².